The molecule has 1 aromatic carbocycles. The zero-order chi connectivity index (χ0) is 12.1. The summed E-state index contributed by atoms with van der Waals surface area (Å²) in [5, 5.41) is 7.91. The highest BCUT2D eigenvalue weighted by molar-refractivity contribution is 5.42. The molecule has 0 unspecified atom stereocenters. The topological polar surface area (TPSA) is 44.2 Å². The average Bonchev–Trinajstić information content (AvgIpc) is 2.40. The Kier molecular flexibility index (Phi) is 3.55. The van der Waals surface area contributed by atoms with E-state index < -0.39 is 0 Å². The number of hydrogen-bond acceptors (Lipinski definition) is 4. The summed E-state index contributed by atoms with van der Waals surface area (Å²) >= 11 is 0. The van der Waals surface area contributed by atoms with Gasteiger partial charge in [0, 0.05) is 24.2 Å². The number of ether oxygens (including phenoxy) is 2. The summed E-state index contributed by atoms with van der Waals surface area (Å²) < 4.78 is 10.5. The lowest BCUT2D eigenvalue weighted by Gasteiger charge is -2.09. The maximum atomic E-state index is 5.33. The second kappa shape index (κ2) is 5.30. The van der Waals surface area contributed by atoms with Crippen molar-refractivity contribution in [1.29, 1.82) is 0 Å². The van der Waals surface area contributed by atoms with Crippen LogP contribution in [0.1, 0.15) is 11.3 Å². The number of rotatable bonds is 4. The van der Waals surface area contributed by atoms with Crippen molar-refractivity contribution in [1.82, 2.24) is 10.2 Å². The molecule has 2 aromatic rings. The minimum absolute atomic E-state index is 0.695. The maximum Gasteiger partial charge on any atom is 0.126 e. The predicted molar refractivity (Wildman–Crippen MR) is 64.4 cm³/mol. The first-order valence-electron chi connectivity index (χ1n) is 5.31. The molecule has 0 saturated heterocycles. The first-order chi connectivity index (χ1) is 8.33. The molecular weight excluding hydrogens is 216 g/mol. The monoisotopic (exact) mass is 230 g/mol. The molecule has 0 spiro atoms. The van der Waals surface area contributed by atoms with Crippen molar-refractivity contribution in [2.45, 2.75) is 6.42 Å². The van der Waals surface area contributed by atoms with Crippen molar-refractivity contribution >= 4 is 0 Å². The number of methoxy groups -OCH3 is 2. The van der Waals surface area contributed by atoms with E-state index in [9.17, 15) is 0 Å². The molecular formula is C13H14N2O2. The first-order valence-corrected chi connectivity index (χ1v) is 5.31. The zero-order valence-electron chi connectivity index (χ0n) is 9.88. The van der Waals surface area contributed by atoms with E-state index in [0.717, 1.165) is 22.8 Å². The van der Waals surface area contributed by atoms with Crippen molar-refractivity contribution in [3.05, 3.63) is 47.8 Å². The highest BCUT2D eigenvalue weighted by atomic mass is 16.5. The van der Waals surface area contributed by atoms with Gasteiger partial charge in [-0.05, 0) is 18.2 Å². The third kappa shape index (κ3) is 2.72. The SMILES string of the molecule is COc1ccc(Cc2cccnn2)c(OC)c1. The summed E-state index contributed by atoms with van der Waals surface area (Å²) in [4.78, 5) is 0. The van der Waals surface area contributed by atoms with Crippen LogP contribution >= 0.6 is 0 Å². The molecule has 0 bridgehead atoms. The van der Waals surface area contributed by atoms with Gasteiger partial charge in [0.05, 0.1) is 19.9 Å². The van der Waals surface area contributed by atoms with Crippen LogP contribution in [0.5, 0.6) is 11.5 Å². The van der Waals surface area contributed by atoms with E-state index in [1.807, 2.05) is 30.3 Å². The number of benzene rings is 1. The lowest BCUT2D eigenvalue weighted by atomic mass is 10.1. The number of nitrogens with zero attached hydrogens (tertiary/aromatic N) is 2. The summed E-state index contributed by atoms with van der Waals surface area (Å²) in [7, 11) is 3.28. The average molecular weight is 230 g/mol. The van der Waals surface area contributed by atoms with Crippen LogP contribution in [0.3, 0.4) is 0 Å². The van der Waals surface area contributed by atoms with Crippen LogP contribution in [0, 0.1) is 0 Å². The van der Waals surface area contributed by atoms with Crippen LogP contribution in [-0.4, -0.2) is 24.4 Å². The van der Waals surface area contributed by atoms with Gasteiger partial charge in [0.1, 0.15) is 11.5 Å². The van der Waals surface area contributed by atoms with E-state index in [4.69, 9.17) is 9.47 Å². The molecule has 1 aromatic heterocycles. The Morgan fingerprint density at radius 2 is 2.00 bits per heavy atom. The van der Waals surface area contributed by atoms with Crippen LogP contribution in [0.25, 0.3) is 0 Å². The van der Waals surface area contributed by atoms with Gasteiger partial charge in [-0.3, -0.25) is 0 Å². The van der Waals surface area contributed by atoms with Gasteiger partial charge < -0.3 is 9.47 Å². The van der Waals surface area contributed by atoms with Crippen molar-refractivity contribution in [3.63, 3.8) is 0 Å². The van der Waals surface area contributed by atoms with Crippen molar-refractivity contribution < 1.29 is 9.47 Å². The Bertz CT molecular complexity index is 486. The molecule has 1 heterocycles. The Hall–Kier alpha value is -2.10. The third-order valence-electron chi connectivity index (χ3n) is 2.49. The van der Waals surface area contributed by atoms with Crippen molar-refractivity contribution in [2.75, 3.05) is 14.2 Å². The van der Waals surface area contributed by atoms with Gasteiger partial charge in [-0.2, -0.15) is 10.2 Å². The summed E-state index contributed by atoms with van der Waals surface area (Å²) in [6.07, 6.45) is 2.36. The van der Waals surface area contributed by atoms with E-state index in [-0.39, 0.29) is 0 Å². The van der Waals surface area contributed by atoms with Gasteiger partial charge >= 0.3 is 0 Å². The van der Waals surface area contributed by atoms with Crippen LogP contribution in [0.4, 0.5) is 0 Å². The normalized spacial score (nSPS) is 10.0. The number of aromatic nitrogens is 2. The highest BCUT2D eigenvalue weighted by Crippen LogP contribution is 2.25. The van der Waals surface area contributed by atoms with Crippen molar-refractivity contribution in [2.24, 2.45) is 0 Å². The van der Waals surface area contributed by atoms with Crippen LogP contribution in [0.15, 0.2) is 36.5 Å². The lowest BCUT2D eigenvalue weighted by Crippen LogP contribution is -1.97. The molecule has 2 rings (SSSR count). The summed E-state index contributed by atoms with van der Waals surface area (Å²) in [5.74, 6) is 1.58. The Morgan fingerprint density at radius 3 is 2.65 bits per heavy atom. The van der Waals surface area contributed by atoms with Crippen molar-refractivity contribution in [3.8, 4) is 11.5 Å². The molecule has 0 fully saturated rings. The predicted octanol–water partition coefficient (Wildman–Crippen LogP) is 2.08. The maximum absolute atomic E-state index is 5.33. The van der Waals surface area contributed by atoms with E-state index in [1.54, 1.807) is 20.4 Å². The molecule has 4 nitrogen and oxygen atoms in total. The van der Waals surface area contributed by atoms with E-state index in [0.29, 0.717) is 6.42 Å². The Labute approximate surface area is 100 Å². The smallest absolute Gasteiger partial charge is 0.126 e. The highest BCUT2D eigenvalue weighted by Gasteiger charge is 2.06. The fourth-order valence-corrected chi connectivity index (χ4v) is 1.62. The molecule has 17 heavy (non-hydrogen) atoms. The number of hydrogen-bond donors (Lipinski definition) is 0. The largest absolute Gasteiger partial charge is 0.497 e. The quantitative estimate of drug-likeness (QED) is 0.806. The minimum atomic E-state index is 0.695. The lowest BCUT2D eigenvalue weighted by molar-refractivity contribution is 0.391. The van der Waals surface area contributed by atoms with Gasteiger partial charge in [-0.1, -0.05) is 6.07 Å². The molecule has 4 heteroatoms. The second-order valence-electron chi connectivity index (χ2n) is 3.57. The van der Waals surface area contributed by atoms with E-state index >= 15 is 0 Å². The molecule has 0 amide bonds. The van der Waals surface area contributed by atoms with E-state index in [1.165, 1.54) is 0 Å². The summed E-state index contributed by atoms with van der Waals surface area (Å²) in [6, 6.07) is 9.57. The third-order valence-corrected chi connectivity index (χ3v) is 2.49. The van der Waals surface area contributed by atoms with Gasteiger partial charge in [0.15, 0.2) is 0 Å². The molecule has 0 radical (unpaired) electrons. The molecule has 0 atom stereocenters. The molecule has 0 saturated carbocycles. The first kappa shape index (κ1) is 11.4. The Balaban J connectivity index is 2.26. The standard InChI is InChI=1S/C13H14N2O2/c1-16-12-6-5-10(13(9-12)17-2)8-11-4-3-7-14-15-11/h3-7,9H,8H2,1-2H3. The second-order valence-corrected chi connectivity index (χ2v) is 3.57. The minimum Gasteiger partial charge on any atom is -0.497 e. The van der Waals surface area contributed by atoms with Gasteiger partial charge in [0.25, 0.3) is 0 Å². The molecule has 0 aliphatic rings. The fraction of sp³-hybridized carbons (Fsp3) is 0.231. The van der Waals surface area contributed by atoms with Crippen LogP contribution in [-0.2, 0) is 6.42 Å². The summed E-state index contributed by atoms with van der Waals surface area (Å²) in [6.45, 7) is 0. The zero-order valence-corrected chi connectivity index (χ0v) is 9.88. The molecule has 0 N–H and O–H groups in total. The van der Waals surface area contributed by atoms with Gasteiger partial charge in [-0.15, -0.1) is 0 Å². The molecule has 0 aliphatic carbocycles. The van der Waals surface area contributed by atoms with Crippen LogP contribution in [0.2, 0.25) is 0 Å². The fourth-order valence-electron chi connectivity index (χ4n) is 1.62. The summed E-state index contributed by atoms with van der Waals surface area (Å²) in [5.41, 5.74) is 1.98. The molecule has 0 aliphatic heterocycles. The van der Waals surface area contributed by atoms with E-state index in [2.05, 4.69) is 10.2 Å². The van der Waals surface area contributed by atoms with Gasteiger partial charge in [-0.25, -0.2) is 0 Å². The molecule has 88 valence electrons. The van der Waals surface area contributed by atoms with Gasteiger partial charge in [0.2, 0.25) is 0 Å². The van der Waals surface area contributed by atoms with Crippen LogP contribution < -0.4 is 9.47 Å². The Morgan fingerprint density at radius 1 is 1.12 bits per heavy atom.